The van der Waals surface area contributed by atoms with Gasteiger partial charge in [-0.15, -0.1) is 12.4 Å². The van der Waals surface area contributed by atoms with E-state index in [2.05, 4.69) is 5.32 Å². The number of ether oxygens (including phenoxy) is 1. The van der Waals surface area contributed by atoms with E-state index in [1.807, 2.05) is 18.7 Å². The number of nitrogens with zero attached hydrogens (tertiary/aromatic N) is 1. The molecule has 2 fully saturated rings. The lowest BCUT2D eigenvalue weighted by Gasteiger charge is -2.26. The summed E-state index contributed by atoms with van der Waals surface area (Å²) in [6, 6.07) is 3.04. The van der Waals surface area contributed by atoms with E-state index in [0.29, 0.717) is 36.0 Å². The zero-order valence-electron chi connectivity index (χ0n) is 15.8. The predicted octanol–water partition coefficient (Wildman–Crippen LogP) is 3.59. The summed E-state index contributed by atoms with van der Waals surface area (Å²) >= 11 is 6.11. The van der Waals surface area contributed by atoms with Crippen molar-refractivity contribution in [2.75, 3.05) is 25.5 Å². The highest BCUT2D eigenvalue weighted by molar-refractivity contribution is 6.31. The molecule has 150 valence electrons. The van der Waals surface area contributed by atoms with Crippen LogP contribution in [0.1, 0.15) is 31.7 Å². The van der Waals surface area contributed by atoms with E-state index < -0.39 is 17.4 Å². The Balaban J connectivity index is 0.00000261. The van der Waals surface area contributed by atoms with Crippen molar-refractivity contribution in [2.24, 2.45) is 11.3 Å². The number of nitrogens with one attached hydrogen (secondary N) is 1. The maximum atomic E-state index is 12.8. The lowest BCUT2D eigenvalue weighted by Crippen LogP contribution is -2.43. The Bertz CT molecular complexity index is 743. The summed E-state index contributed by atoms with van der Waals surface area (Å²) < 4.78 is 5.30. The maximum absolute atomic E-state index is 12.8. The first-order valence-corrected chi connectivity index (χ1v) is 9.28. The number of hydrogen-bond donors (Lipinski definition) is 2. The minimum absolute atomic E-state index is 0. The molecule has 1 unspecified atom stereocenters. The number of fused-ring (bicyclic) bond motifs is 1. The molecule has 3 atom stereocenters. The molecule has 2 aliphatic rings. The van der Waals surface area contributed by atoms with Gasteiger partial charge in [-0.05, 0) is 44.2 Å². The van der Waals surface area contributed by atoms with Crippen molar-refractivity contribution in [1.29, 1.82) is 0 Å². The minimum Gasteiger partial charge on any atom is -0.495 e. The average Bonchev–Trinajstić information content (AvgIpc) is 3.15. The van der Waals surface area contributed by atoms with Crippen LogP contribution in [0.2, 0.25) is 5.02 Å². The number of likely N-dealkylation sites (tertiary alicyclic amines) is 1. The van der Waals surface area contributed by atoms with Gasteiger partial charge < -0.3 is 15.2 Å². The number of aliphatic carboxylic acids is 1. The standard InChI is InChI=1S/C19H25ClN2O4.ClH/c1-11-7-15(16(26-3)8-14(11)20)21-17(23)12(2)22-9-13-5-4-6-19(13,10-22)18(24)25;/h7-8,12-13H,4-6,9-10H2,1-3H3,(H,21,23)(H,24,25);1H/t12?,13-,19+;/m0./s1. The molecule has 2 N–H and O–H groups in total. The first kappa shape index (κ1) is 21.8. The molecule has 1 aliphatic heterocycles. The molecule has 1 saturated heterocycles. The Morgan fingerprint density at radius 1 is 1.44 bits per heavy atom. The molecule has 0 radical (unpaired) electrons. The minimum atomic E-state index is -0.731. The molecule has 0 bridgehead atoms. The fraction of sp³-hybridized carbons (Fsp3) is 0.579. The number of amides is 1. The van der Waals surface area contributed by atoms with Crippen LogP contribution >= 0.6 is 24.0 Å². The highest BCUT2D eigenvalue weighted by Gasteiger charge is 2.55. The molecule has 0 spiro atoms. The molecule has 1 saturated carbocycles. The van der Waals surface area contributed by atoms with Crippen LogP contribution in [0.4, 0.5) is 5.69 Å². The number of benzene rings is 1. The Kier molecular flexibility index (Phi) is 6.66. The average molecular weight is 417 g/mol. The SMILES string of the molecule is COc1cc(Cl)c(C)cc1NC(=O)C(C)N1C[C@@H]2CCC[C@@]2(C(=O)O)C1.Cl. The van der Waals surface area contributed by atoms with Gasteiger partial charge in [0.25, 0.3) is 0 Å². The maximum Gasteiger partial charge on any atom is 0.311 e. The predicted molar refractivity (Wildman–Crippen MR) is 107 cm³/mol. The van der Waals surface area contributed by atoms with Gasteiger partial charge in [-0.2, -0.15) is 0 Å². The monoisotopic (exact) mass is 416 g/mol. The summed E-state index contributed by atoms with van der Waals surface area (Å²) in [5, 5.41) is 13.2. The molecule has 8 heteroatoms. The molecular weight excluding hydrogens is 391 g/mol. The highest BCUT2D eigenvalue weighted by Crippen LogP contribution is 2.49. The molecule has 1 aliphatic carbocycles. The van der Waals surface area contributed by atoms with E-state index in [1.165, 1.54) is 7.11 Å². The first-order valence-electron chi connectivity index (χ1n) is 8.91. The van der Waals surface area contributed by atoms with Gasteiger partial charge in [-0.1, -0.05) is 18.0 Å². The zero-order valence-corrected chi connectivity index (χ0v) is 17.3. The van der Waals surface area contributed by atoms with Crippen molar-refractivity contribution in [3.8, 4) is 5.75 Å². The fourth-order valence-electron chi connectivity index (χ4n) is 4.31. The third-order valence-electron chi connectivity index (χ3n) is 5.99. The number of rotatable bonds is 5. The van der Waals surface area contributed by atoms with Crippen LogP contribution in [-0.4, -0.2) is 48.1 Å². The summed E-state index contributed by atoms with van der Waals surface area (Å²) in [7, 11) is 1.53. The molecule has 1 amide bonds. The number of halogens is 2. The lowest BCUT2D eigenvalue weighted by molar-refractivity contribution is -0.149. The van der Waals surface area contributed by atoms with E-state index in [0.717, 1.165) is 18.4 Å². The van der Waals surface area contributed by atoms with E-state index in [4.69, 9.17) is 16.3 Å². The van der Waals surface area contributed by atoms with Crippen molar-refractivity contribution in [1.82, 2.24) is 4.90 Å². The molecule has 1 heterocycles. The molecule has 0 aromatic heterocycles. The number of carbonyl (C=O) groups is 2. The third kappa shape index (κ3) is 3.89. The number of anilines is 1. The topological polar surface area (TPSA) is 78.9 Å². The Hall–Kier alpha value is -1.50. The van der Waals surface area contributed by atoms with E-state index in [-0.39, 0.29) is 24.2 Å². The van der Waals surface area contributed by atoms with Gasteiger partial charge in [0.2, 0.25) is 5.91 Å². The summed E-state index contributed by atoms with van der Waals surface area (Å²) in [4.78, 5) is 26.6. The van der Waals surface area contributed by atoms with Gasteiger partial charge in [0.05, 0.1) is 24.3 Å². The smallest absolute Gasteiger partial charge is 0.311 e. The Morgan fingerprint density at radius 2 is 2.15 bits per heavy atom. The largest absolute Gasteiger partial charge is 0.495 e. The van der Waals surface area contributed by atoms with Crippen molar-refractivity contribution in [3.63, 3.8) is 0 Å². The van der Waals surface area contributed by atoms with Crippen molar-refractivity contribution >= 4 is 41.6 Å². The van der Waals surface area contributed by atoms with E-state index in [1.54, 1.807) is 12.1 Å². The van der Waals surface area contributed by atoms with Crippen LogP contribution in [0.25, 0.3) is 0 Å². The second-order valence-corrected chi connectivity index (χ2v) is 7.85. The van der Waals surface area contributed by atoms with Gasteiger partial charge >= 0.3 is 5.97 Å². The van der Waals surface area contributed by atoms with Gasteiger partial charge in [0.15, 0.2) is 0 Å². The molecule has 3 rings (SSSR count). The summed E-state index contributed by atoms with van der Waals surface area (Å²) in [5.41, 5.74) is 0.720. The number of aryl methyl sites for hydroxylation is 1. The Morgan fingerprint density at radius 3 is 2.74 bits per heavy atom. The van der Waals surface area contributed by atoms with Crippen molar-refractivity contribution in [3.05, 3.63) is 22.7 Å². The second-order valence-electron chi connectivity index (χ2n) is 7.45. The van der Waals surface area contributed by atoms with Crippen LogP contribution in [0.15, 0.2) is 12.1 Å². The molecule has 27 heavy (non-hydrogen) atoms. The second kappa shape index (κ2) is 8.25. The summed E-state index contributed by atoms with van der Waals surface area (Å²) in [6.45, 7) is 4.76. The van der Waals surface area contributed by atoms with Crippen LogP contribution in [-0.2, 0) is 9.59 Å². The van der Waals surface area contributed by atoms with Crippen LogP contribution in [0, 0.1) is 18.3 Å². The molecule has 1 aromatic carbocycles. The fourth-order valence-corrected chi connectivity index (χ4v) is 4.46. The highest BCUT2D eigenvalue weighted by atomic mass is 35.5. The normalized spacial score (nSPS) is 25.4. The third-order valence-corrected chi connectivity index (χ3v) is 6.40. The van der Waals surface area contributed by atoms with Crippen LogP contribution < -0.4 is 10.1 Å². The van der Waals surface area contributed by atoms with Crippen LogP contribution in [0.5, 0.6) is 5.75 Å². The lowest BCUT2D eigenvalue weighted by atomic mass is 9.81. The van der Waals surface area contributed by atoms with Crippen molar-refractivity contribution in [2.45, 2.75) is 39.2 Å². The number of methoxy groups -OCH3 is 1. The number of carboxylic acids is 1. The van der Waals surface area contributed by atoms with Crippen LogP contribution in [0.3, 0.4) is 0 Å². The number of carboxylic acid groups (broad SMARTS) is 1. The summed E-state index contributed by atoms with van der Waals surface area (Å²) in [5.74, 6) is -0.278. The first-order chi connectivity index (χ1) is 12.3. The molecular formula is C19H26Cl2N2O4. The van der Waals surface area contributed by atoms with Gasteiger partial charge in [0, 0.05) is 24.2 Å². The summed E-state index contributed by atoms with van der Waals surface area (Å²) in [6.07, 6.45) is 2.57. The molecule has 6 nitrogen and oxygen atoms in total. The Labute approximate surface area is 170 Å². The quantitative estimate of drug-likeness (QED) is 0.766. The van der Waals surface area contributed by atoms with Crippen molar-refractivity contribution < 1.29 is 19.4 Å². The molecule has 1 aromatic rings. The number of hydrogen-bond acceptors (Lipinski definition) is 4. The van der Waals surface area contributed by atoms with E-state index in [9.17, 15) is 14.7 Å². The van der Waals surface area contributed by atoms with Gasteiger partial charge in [-0.3, -0.25) is 14.5 Å². The zero-order chi connectivity index (χ0) is 19.1. The number of carbonyl (C=O) groups excluding carboxylic acids is 1. The van der Waals surface area contributed by atoms with Gasteiger partial charge in [-0.25, -0.2) is 0 Å². The van der Waals surface area contributed by atoms with Gasteiger partial charge in [0.1, 0.15) is 5.75 Å². The van der Waals surface area contributed by atoms with E-state index >= 15 is 0 Å².